The highest BCUT2D eigenvalue weighted by atomic mass is 14.8. The van der Waals surface area contributed by atoms with Gasteiger partial charge in [0.2, 0.25) is 0 Å². The van der Waals surface area contributed by atoms with Crippen LogP contribution in [0, 0.1) is 6.92 Å². The third kappa shape index (κ3) is 1.99. The molecule has 0 bridgehead atoms. The lowest BCUT2D eigenvalue weighted by atomic mass is 9.82. The fraction of sp³-hybridized carbons (Fsp3) is 0.615. The molecular formula is C13H20N2. The van der Waals surface area contributed by atoms with E-state index in [1.54, 1.807) is 0 Å². The largest absolute Gasteiger partial charge is 0.384 e. The Morgan fingerprint density at radius 3 is 2.40 bits per heavy atom. The number of anilines is 1. The van der Waals surface area contributed by atoms with Crippen LogP contribution in [0.15, 0.2) is 6.07 Å². The fourth-order valence-corrected chi connectivity index (χ4v) is 2.21. The van der Waals surface area contributed by atoms with E-state index in [0.717, 1.165) is 11.6 Å². The van der Waals surface area contributed by atoms with E-state index in [4.69, 9.17) is 5.73 Å². The molecule has 0 aromatic carbocycles. The van der Waals surface area contributed by atoms with Gasteiger partial charge in [-0.2, -0.15) is 0 Å². The summed E-state index contributed by atoms with van der Waals surface area (Å²) in [6.45, 7) is 8.81. The molecule has 1 aromatic heterocycles. The Balaban J connectivity index is 2.59. The molecule has 2 rings (SSSR count). The molecule has 0 aliphatic heterocycles. The number of aromatic nitrogens is 1. The number of aryl methyl sites for hydroxylation is 1. The molecule has 1 fully saturated rings. The van der Waals surface area contributed by atoms with Crippen molar-refractivity contribution in [2.45, 2.75) is 51.9 Å². The lowest BCUT2D eigenvalue weighted by Crippen LogP contribution is -2.16. The van der Waals surface area contributed by atoms with Gasteiger partial charge in [0.1, 0.15) is 5.82 Å². The van der Waals surface area contributed by atoms with Crippen LogP contribution in [0.25, 0.3) is 0 Å². The van der Waals surface area contributed by atoms with Crippen molar-refractivity contribution in [1.29, 1.82) is 0 Å². The standard InChI is InChI=1S/C13H20N2/c1-8-12(9-5-6-9)10(13(2,3)4)7-11(14)15-8/h7,9H,5-6H2,1-4H3,(H2,14,15). The van der Waals surface area contributed by atoms with E-state index in [0.29, 0.717) is 5.82 Å². The molecule has 0 unspecified atom stereocenters. The average Bonchev–Trinajstić information content (AvgIpc) is 2.84. The molecule has 82 valence electrons. The molecule has 1 aliphatic carbocycles. The van der Waals surface area contributed by atoms with E-state index in [1.807, 2.05) is 0 Å². The molecule has 2 N–H and O–H groups in total. The Labute approximate surface area is 91.9 Å². The molecule has 0 saturated heterocycles. The number of rotatable bonds is 1. The van der Waals surface area contributed by atoms with Gasteiger partial charge >= 0.3 is 0 Å². The van der Waals surface area contributed by atoms with Gasteiger partial charge in [0.25, 0.3) is 0 Å². The minimum absolute atomic E-state index is 0.166. The van der Waals surface area contributed by atoms with Crippen molar-refractivity contribution in [3.63, 3.8) is 0 Å². The summed E-state index contributed by atoms with van der Waals surface area (Å²) in [6, 6.07) is 2.06. The molecule has 0 radical (unpaired) electrons. The molecule has 2 nitrogen and oxygen atoms in total. The van der Waals surface area contributed by atoms with Gasteiger partial charge in [0.05, 0.1) is 0 Å². The summed E-state index contributed by atoms with van der Waals surface area (Å²) in [4.78, 5) is 4.39. The summed E-state index contributed by atoms with van der Waals surface area (Å²) in [6.07, 6.45) is 2.63. The summed E-state index contributed by atoms with van der Waals surface area (Å²) in [5, 5.41) is 0. The normalized spacial score (nSPS) is 16.8. The van der Waals surface area contributed by atoms with Crippen molar-refractivity contribution in [3.05, 3.63) is 22.9 Å². The molecule has 0 amide bonds. The molecule has 0 spiro atoms. The number of nitrogens with zero attached hydrogens (tertiary/aromatic N) is 1. The Morgan fingerprint density at radius 1 is 1.33 bits per heavy atom. The van der Waals surface area contributed by atoms with E-state index in [-0.39, 0.29) is 5.41 Å². The molecule has 1 saturated carbocycles. The maximum absolute atomic E-state index is 5.83. The lowest BCUT2D eigenvalue weighted by Gasteiger charge is -2.24. The first-order valence-corrected chi connectivity index (χ1v) is 5.67. The lowest BCUT2D eigenvalue weighted by molar-refractivity contribution is 0.580. The predicted molar refractivity (Wildman–Crippen MR) is 64.1 cm³/mol. The van der Waals surface area contributed by atoms with Crippen molar-refractivity contribution >= 4 is 5.82 Å². The van der Waals surface area contributed by atoms with Gasteiger partial charge in [-0.05, 0) is 48.3 Å². The van der Waals surface area contributed by atoms with Gasteiger partial charge in [-0.15, -0.1) is 0 Å². The molecule has 15 heavy (non-hydrogen) atoms. The van der Waals surface area contributed by atoms with Crippen molar-refractivity contribution in [3.8, 4) is 0 Å². The van der Waals surface area contributed by atoms with Crippen LogP contribution in [0.5, 0.6) is 0 Å². The van der Waals surface area contributed by atoms with E-state index >= 15 is 0 Å². The number of hydrogen-bond donors (Lipinski definition) is 1. The van der Waals surface area contributed by atoms with Gasteiger partial charge in [0.15, 0.2) is 0 Å². The van der Waals surface area contributed by atoms with Crippen molar-refractivity contribution < 1.29 is 0 Å². The zero-order chi connectivity index (χ0) is 11.2. The second-order valence-corrected chi connectivity index (χ2v) is 5.62. The molecule has 2 heteroatoms. The van der Waals surface area contributed by atoms with Crippen LogP contribution in [-0.2, 0) is 5.41 Å². The highest BCUT2D eigenvalue weighted by molar-refractivity contribution is 5.47. The van der Waals surface area contributed by atoms with Gasteiger partial charge in [-0.25, -0.2) is 4.98 Å². The first-order valence-electron chi connectivity index (χ1n) is 5.67. The smallest absolute Gasteiger partial charge is 0.123 e. The minimum atomic E-state index is 0.166. The third-order valence-electron chi connectivity index (χ3n) is 3.06. The van der Waals surface area contributed by atoms with Gasteiger partial charge < -0.3 is 5.73 Å². The van der Waals surface area contributed by atoms with E-state index in [1.165, 1.54) is 24.0 Å². The molecule has 1 aliphatic rings. The maximum atomic E-state index is 5.83. The van der Waals surface area contributed by atoms with Gasteiger partial charge in [0, 0.05) is 5.69 Å². The Bertz CT molecular complexity index is 384. The topological polar surface area (TPSA) is 38.9 Å². The van der Waals surface area contributed by atoms with Crippen LogP contribution < -0.4 is 5.73 Å². The van der Waals surface area contributed by atoms with Crippen LogP contribution in [0.2, 0.25) is 0 Å². The summed E-state index contributed by atoms with van der Waals surface area (Å²) in [7, 11) is 0. The summed E-state index contributed by atoms with van der Waals surface area (Å²) >= 11 is 0. The SMILES string of the molecule is Cc1nc(N)cc(C(C)(C)C)c1C1CC1. The van der Waals surface area contributed by atoms with Crippen molar-refractivity contribution in [2.75, 3.05) is 5.73 Å². The predicted octanol–water partition coefficient (Wildman–Crippen LogP) is 3.15. The Hall–Kier alpha value is -1.05. The number of nitrogens with two attached hydrogens (primary N) is 1. The van der Waals surface area contributed by atoms with Crippen molar-refractivity contribution in [1.82, 2.24) is 4.98 Å². The van der Waals surface area contributed by atoms with Gasteiger partial charge in [-0.3, -0.25) is 0 Å². The summed E-state index contributed by atoms with van der Waals surface area (Å²) in [5.41, 5.74) is 9.97. The van der Waals surface area contributed by atoms with Crippen LogP contribution >= 0.6 is 0 Å². The second-order valence-electron chi connectivity index (χ2n) is 5.62. The Kier molecular flexibility index (Phi) is 2.25. The Morgan fingerprint density at radius 2 is 1.93 bits per heavy atom. The highest BCUT2D eigenvalue weighted by Crippen LogP contribution is 2.45. The maximum Gasteiger partial charge on any atom is 0.123 e. The fourth-order valence-electron chi connectivity index (χ4n) is 2.21. The summed E-state index contributed by atoms with van der Waals surface area (Å²) < 4.78 is 0. The minimum Gasteiger partial charge on any atom is -0.384 e. The van der Waals surface area contributed by atoms with E-state index in [9.17, 15) is 0 Å². The molecular weight excluding hydrogens is 184 g/mol. The monoisotopic (exact) mass is 204 g/mol. The molecule has 1 heterocycles. The van der Waals surface area contributed by atoms with Crippen molar-refractivity contribution in [2.24, 2.45) is 0 Å². The zero-order valence-corrected chi connectivity index (χ0v) is 10.1. The summed E-state index contributed by atoms with van der Waals surface area (Å²) in [5.74, 6) is 1.40. The first kappa shape index (κ1) is 10.5. The molecule has 0 atom stereocenters. The molecule has 1 aromatic rings. The highest BCUT2D eigenvalue weighted by Gasteiger charge is 2.31. The van der Waals surface area contributed by atoms with E-state index in [2.05, 4.69) is 38.7 Å². The van der Waals surface area contributed by atoms with Gasteiger partial charge in [-0.1, -0.05) is 20.8 Å². The number of pyridine rings is 1. The average molecular weight is 204 g/mol. The second kappa shape index (κ2) is 3.22. The van der Waals surface area contributed by atoms with E-state index < -0.39 is 0 Å². The number of nitrogen functional groups attached to an aromatic ring is 1. The number of hydrogen-bond acceptors (Lipinski definition) is 2. The van der Waals surface area contributed by atoms with Crippen LogP contribution in [0.4, 0.5) is 5.82 Å². The zero-order valence-electron chi connectivity index (χ0n) is 10.1. The van der Waals surface area contributed by atoms with Crippen LogP contribution in [0.1, 0.15) is 56.4 Å². The van der Waals surface area contributed by atoms with Crippen LogP contribution in [-0.4, -0.2) is 4.98 Å². The first-order chi connectivity index (χ1) is 6.89. The van der Waals surface area contributed by atoms with Crippen LogP contribution in [0.3, 0.4) is 0 Å². The quantitative estimate of drug-likeness (QED) is 0.763. The third-order valence-corrected chi connectivity index (χ3v) is 3.06.